The van der Waals surface area contributed by atoms with Crippen LogP contribution in [0.1, 0.15) is 57.2 Å². The van der Waals surface area contributed by atoms with E-state index < -0.39 is 0 Å². The Kier molecular flexibility index (Phi) is 6.73. The second kappa shape index (κ2) is 7.81. The molecule has 0 saturated carbocycles. The van der Waals surface area contributed by atoms with Crippen LogP contribution in [0.25, 0.3) is 0 Å². The smallest absolute Gasteiger partial charge is 0.0409 e. The Morgan fingerprint density at radius 3 is 2.39 bits per heavy atom. The summed E-state index contributed by atoms with van der Waals surface area (Å²) in [6, 6.07) is 6.64. The predicted molar refractivity (Wildman–Crippen MR) is 81.3 cm³/mol. The number of nitrogens with one attached hydrogen (secondary N) is 1. The average molecular weight is 268 g/mol. The molecular weight excluding hydrogens is 242 g/mol. The summed E-state index contributed by atoms with van der Waals surface area (Å²) in [6.07, 6.45) is 3.69. The van der Waals surface area contributed by atoms with E-state index in [2.05, 4.69) is 45.1 Å². The lowest BCUT2D eigenvalue weighted by molar-refractivity contribution is 0.375. The highest BCUT2D eigenvalue weighted by molar-refractivity contribution is 6.30. The summed E-state index contributed by atoms with van der Waals surface area (Å²) < 4.78 is 0. The van der Waals surface area contributed by atoms with Crippen LogP contribution in [0, 0.1) is 12.8 Å². The van der Waals surface area contributed by atoms with Gasteiger partial charge in [0.25, 0.3) is 0 Å². The minimum Gasteiger partial charge on any atom is -0.310 e. The molecule has 18 heavy (non-hydrogen) atoms. The summed E-state index contributed by atoms with van der Waals surface area (Å²) >= 11 is 6.14. The van der Waals surface area contributed by atoms with Gasteiger partial charge in [0.05, 0.1) is 0 Å². The number of hydrogen-bond acceptors (Lipinski definition) is 1. The molecule has 0 heterocycles. The minimum atomic E-state index is 0.429. The lowest BCUT2D eigenvalue weighted by Crippen LogP contribution is -2.24. The summed E-state index contributed by atoms with van der Waals surface area (Å²) in [5, 5.41) is 4.44. The third-order valence-corrected chi connectivity index (χ3v) is 4.03. The van der Waals surface area contributed by atoms with Crippen molar-refractivity contribution in [3.05, 3.63) is 34.3 Å². The standard InChI is InChI=1S/C16H26ClN/c1-5-13(6-2)10-16(18-7-3)15-11-14(17)9-8-12(15)4/h8-9,11,13,16,18H,5-7,10H2,1-4H3. The SMILES string of the molecule is CCNC(CC(CC)CC)c1cc(Cl)ccc1C. The van der Waals surface area contributed by atoms with E-state index in [9.17, 15) is 0 Å². The fraction of sp³-hybridized carbons (Fsp3) is 0.625. The van der Waals surface area contributed by atoms with Gasteiger partial charge < -0.3 is 5.32 Å². The normalized spacial score (nSPS) is 13.0. The van der Waals surface area contributed by atoms with Gasteiger partial charge in [-0.1, -0.05) is 51.3 Å². The quantitative estimate of drug-likeness (QED) is 0.723. The molecule has 0 saturated heterocycles. The first-order chi connectivity index (χ1) is 8.62. The topological polar surface area (TPSA) is 12.0 Å². The largest absolute Gasteiger partial charge is 0.310 e. The Balaban J connectivity index is 2.92. The van der Waals surface area contributed by atoms with Crippen LogP contribution in [0.4, 0.5) is 0 Å². The van der Waals surface area contributed by atoms with Crippen LogP contribution in [0.15, 0.2) is 18.2 Å². The highest BCUT2D eigenvalue weighted by Gasteiger charge is 2.17. The zero-order chi connectivity index (χ0) is 13.5. The highest BCUT2D eigenvalue weighted by atomic mass is 35.5. The van der Waals surface area contributed by atoms with Gasteiger partial charge in [0.1, 0.15) is 0 Å². The van der Waals surface area contributed by atoms with E-state index >= 15 is 0 Å². The van der Waals surface area contributed by atoms with E-state index in [1.807, 2.05) is 6.07 Å². The molecule has 0 aliphatic heterocycles. The van der Waals surface area contributed by atoms with Crippen LogP contribution in [0.3, 0.4) is 0 Å². The van der Waals surface area contributed by atoms with E-state index in [1.54, 1.807) is 0 Å². The van der Waals surface area contributed by atoms with Gasteiger partial charge in [-0.15, -0.1) is 0 Å². The van der Waals surface area contributed by atoms with Crippen molar-refractivity contribution in [2.45, 2.75) is 53.0 Å². The fourth-order valence-corrected chi connectivity index (χ4v) is 2.69. The van der Waals surface area contributed by atoms with Gasteiger partial charge in [-0.2, -0.15) is 0 Å². The van der Waals surface area contributed by atoms with E-state index in [4.69, 9.17) is 11.6 Å². The maximum atomic E-state index is 6.14. The fourth-order valence-electron chi connectivity index (χ4n) is 2.51. The molecule has 0 aromatic heterocycles. The van der Waals surface area contributed by atoms with Crippen molar-refractivity contribution in [1.82, 2.24) is 5.32 Å². The lowest BCUT2D eigenvalue weighted by atomic mass is 9.89. The summed E-state index contributed by atoms with van der Waals surface area (Å²) in [5.74, 6) is 0.785. The summed E-state index contributed by atoms with van der Waals surface area (Å²) in [5.41, 5.74) is 2.69. The summed E-state index contributed by atoms with van der Waals surface area (Å²) in [7, 11) is 0. The first-order valence-electron chi connectivity index (χ1n) is 7.11. The van der Waals surface area contributed by atoms with Crippen LogP contribution in [0.2, 0.25) is 5.02 Å². The van der Waals surface area contributed by atoms with Gasteiger partial charge in [-0.05, 0) is 49.1 Å². The number of halogens is 1. The Hall–Kier alpha value is -0.530. The number of hydrogen-bond donors (Lipinski definition) is 1. The van der Waals surface area contributed by atoms with Gasteiger partial charge in [-0.3, -0.25) is 0 Å². The van der Waals surface area contributed by atoms with E-state index in [0.29, 0.717) is 6.04 Å². The van der Waals surface area contributed by atoms with Crippen molar-refractivity contribution in [2.24, 2.45) is 5.92 Å². The Morgan fingerprint density at radius 2 is 1.83 bits per heavy atom. The van der Waals surface area contributed by atoms with E-state index in [-0.39, 0.29) is 0 Å². The van der Waals surface area contributed by atoms with Crippen molar-refractivity contribution in [1.29, 1.82) is 0 Å². The molecule has 0 spiro atoms. The van der Waals surface area contributed by atoms with Crippen molar-refractivity contribution in [3.8, 4) is 0 Å². The van der Waals surface area contributed by atoms with Gasteiger partial charge in [0.15, 0.2) is 0 Å². The average Bonchev–Trinajstić information content (AvgIpc) is 2.37. The molecule has 1 N–H and O–H groups in total. The zero-order valence-electron chi connectivity index (χ0n) is 12.1. The molecule has 0 fully saturated rings. The minimum absolute atomic E-state index is 0.429. The van der Waals surface area contributed by atoms with Crippen LogP contribution in [-0.4, -0.2) is 6.54 Å². The molecule has 0 radical (unpaired) electrons. The number of rotatable bonds is 7. The second-order valence-electron chi connectivity index (χ2n) is 5.03. The van der Waals surface area contributed by atoms with Crippen LogP contribution in [0.5, 0.6) is 0 Å². The molecule has 0 aliphatic carbocycles. The van der Waals surface area contributed by atoms with E-state index in [0.717, 1.165) is 17.5 Å². The molecule has 1 rings (SSSR count). The van der Waals surface area contributed by atoms with E-state index in [1.165, 1.54) is 30.4 Å². The van der Waals surface area contributed by atoms with Crippen molar-refractivity contribution in [2.75, 3.05) is 6.54 Å². The maximum Gasteiger partial charge on any atom is 0.0409 e. The van der Waals surface area contributed by atoms with Gasteiger partial charge in [0.2, 0.25) is 0 Å². The summed E-state index contributed by atoms with van der Waals surface area (Å²) in [4.78, 5) is 0. The van der Waals surface area contributed by atoms with Crippen LogP contribution < -0.4 is 5.32 Å². The first kappa shape index (κ1) is 15.5. The summed E-state index contributed by atoms with van der Waals surface area (Å²) in [6.45, 7) is 9.89. The van der Waals surface area contributed by atoms with Crippen molar-refractivity contribution < 1.29 is 0 Å². The van der Waals surface area contributed by atoms with Gasteiger partial charge in [-0.25, -0.2) is 0 Å². The van der Waals surface area contributed by atoms with Gasteiger partial charge in [0, 0.05) is 11.1 Å². The zero-order valence-corrected chi connectivity index (χ0v) is 12.8. The first-order valence-corrected chi connectivity index (χ1v) is 7.49. The molecule has 0 bridgehead atoms. The number of benzene rings is 1. The van der Waals surface area contributed by atoms with Crippen LogP contribution in [-0.2, 0) is 0 Å². The Labute approximate surface area is 117 Å². The molecule has 1 atom stereocenters. The molecule has 1 nitrogen and oxygen atoms in total. The molecule has 0 aliphatic rings. The van der Waals surface area contributed by atoms with Crippen molar-refractivity contribution in [3.63, 3.8) is 0 Å². The third kappa shape index (κ3) is 4.29. The van der Waals surface area contributed by atoms with Crippen molar-refractivity contribution >= 4 is 11.6 Å². The molecule has 1 aromatic carbocycles. The Morgan fingerprint density at radius 1 is 1.17 bits per heavy atom. The molecule has 102 valence electrons. The monoisotopic (exact) mass is 267 g/mol. The van der Waals surface area contributed by atoms with Crippen LogP contribution >= 0.6 is 11.6 Å². The van der Waals surface area contributed by atoms with Gasteiger partial charge >= 0.3 is 0 Å². The molecule has 1 aromatic rings. The number of aryl methyl sites for hydroxylation is 1. The second-order valence-corrected chi connectivity index (χ2v) is 5.47. The third-order valence-electron chi connectivity index (χ3n) is 3.79. The lowest BCUT2D eigenvalue weighted by Gasteiger charge is -2.24. The molecule has 2 heteroatoms. The molecule has 1 unspecified atom stereocenters. The predicted octanol–water partition coefficient (Wildman–Crippen LogP) is 5.13. The highest BCUT2D eigenvalue weighted by Crippen LogP contribution is 2.29. The molecule has 0 amide bonds. The maximum absolute atomic E-state index is 6.14. The Bertz CT molecular complexity index is 358. The molecular formula is C16H26ClN.